The number of hydrogen-bond acceptors (Lipinski definition) is 4. The van der Waals surface area contributed by atoms with Gasteiger partial charge >= 0.3 is 0 Å². The van der Waals surface area contributed by atoms with Crippen LogP contribution in [0, 0.1) is 0 Å². The molecular formula is C17H22N4O2. The maximum Gasteiger partial charge on any atom is 0.249 e. The number of benzene rings is 1. The maximum absolute atomic E-state index is 12.3. The molecular weight excluding hydrogens is 292 g/mol. The number of ether oxygens (including phenoxy) is 1. The van der Waals surface area contributed by atoms with E-state index in [4.69, 9.17) is 10.5 Å². The van der Waals surface area contributed by atoms with Crippen molar-refractivity contribution in [2.24, 2.45) is 5.73 Å². The van der Waals surface area contributed by atoms with Gasteiger partial charge < -0.3 is 15.8 Å². The first kappa shape index (κ1) is 15.7. The number of amides is 1. The molecule has 3 rings (SSSR count). The molecule has 1 fully saturated rings. The van der Waals surface area contributed by atoms with Gasteiger partial charge in [-0.15, -0.1) is 0 Å². The lowest BCUT2D eigenvalue weighted by Gasteiger charge is -2.18. The molecule has 6 nitrogen and oxygen atoms in total. The molecule has 0 bridgehead atoms. The van der Waals surface area contributed by atoms with Crippen LogP contribution in [0.25, 0.3) is 5.69 Å². The minimum absolute atomic E-state index is 0.00389. The van der Waals surface area contributed by atoms with Crippen LogP contribution >= 0.6 is 0 Å². The Morgan fingerprint density at radius 3 is 3.04 bits per heavy atom. The molecule has 1 aromatic heterocycles. The Hall–Kier alpha value is -2.18. The monoisotopic (exact) mass is 314 g/mol. The highest BCUT2D eigenvalue weighted by molar-refractivity contribution is 5.81. The second-order valence-corrected chi connectivity index (χ2v) is 5.84. The molecule has 2 heterocycles. The summed E-state index contributed by atoms with van der Waals surface area (Å²) in [6, 6.07) is 9.75. The van der Waals surface area contributed by atoms with Crippen molar-refractivity contribution in [1.82, 2.24) is 15.1 Å². The molecule has 1 amide bonds. The summed E-state index contributed by atoms with van der Waals surface area (Å²) in [5.74, 6) is -0.0713. The van der Waals surface area contributed by atoms with E-state index in [0.717, 1.165) is 24.1 Å². The summed E-state index contributed by atoms with van der Waals surface area (Å²) in [5, 5.41) is 7.25. The van der Waals surface area contributed by atoms with Crippen LogP contribution < -0.4 is 11.1 Å². The van der Waals surface area contributed by atoms with Gasteiger partial charge in [0.25, 0.3) is 0 Å². The third kappa shape index (κ3) is 3.60. The molecule has 1 aliphatic heterocycles. The van der Waals surface area contributed by atoms with Crippen LogP contribution in [-0.2, 0) is 9.53 Å². The summed E-state index contributed by atoms with van der Waals surface area (Å²) in [4.78, 5) is 12.3. The van der Waals surface area contributed by atoms with E-state index < -0.39 is 0 Å². The van der Waals surface area contributed by atoms with E-state index in [2.05, 4.69) is 10.4 Å². The lowest BCUT2D eigenvalue weighted by Crippen LogP contribution is -2.37. The number of nitrogens with zero attached hydrogens (tertiary/aromatic N) is 2. The largest absolute Gasteiger partial charge is 0.364 e. The number of nitrogens with one attached hydrogen (secondary N) is 1. The van der Waals surface area contributed by atoms with Gasteiger partial charge in [0.2, 0.25) is 5.91 Å². The van der Waals surface area contributed by atoms with Gasteiger partial charge in [-0.25, -0.2) is 4.68 Å². The zero-order valence-electron chi connectivity index (χ0n) is 13.2. The molecule has 6 heteroatoms. The van der Waals surface area contributed by atoms with Crippen LogP contribution in [0.5, 0.6) is 0 Å². The van der Waals surface area contributed by atoms with Crippen molar-refractivity contribution in [2.75, 3.05) is 6.54 Å². The van der Waals surface area contributed by atoms with Gasteiger partial charge in [-0.1, -0.05) is 12.1 Å². The van der Waals surface area contributed by atoms with Crippen LogP contribution in [-0.4, -0.2) is 34.4 Å². The van der Waals surface area contributed by atoms with Crippen molar-refractivity contribution < 1.29 is 9.53 Å². The number of carbonyl (C=O) groups excluding carboxylic acids is 1. The topological polar surface area (TPSA) is 82.2 Å². The maximum atomic E-state index is 12.3. The SMILES string of the molecule is CC(NC(=O)[C@@H]1CC[C@H](CN)O1)c1cccc(-n2cccn2)c1. The normalized spacial score (nSPS) is 22.0. The first-order valence-electron chi connectivity index (χ1n) is 7.93. The zero-order valence-corrected chi connectivity index (χ0v) is 13.2. The molecule has 23 heavy (non-hydrogen) atoms. The Balaban J connectivity index is 1.65. The van der Waals surface area contributed by atoms with Crippen LogP contribution in [0.1, 0.15) is 31.4 Å². The highest BCUT2D eigenvalue weighted by Crippen LogP contribution is 2.21. The fourth-order valence-electron chi connectivity index (χ4n) is 2.82. The summed E-state index contributed by atoms with van der Waals surface area (Å²) >= 11 is 0. The number of nitrogens with two attached hydrogens (primary N) is 1. The summed E-state index contributed by atoms with van der Waals surface area (Å²) in [6.07, 6.45) is 4.82. The fourth-order valence-corrected chi connectivity index (χ4v) is 2.82. The lowest BCUT2D eigenvalue weighted by atomic mass is 10.1. The number of carbonyl (C=O) groups is 1. The molecule has 1 aromatic carbocycles. The second kappa shape index (κ2) is 6.93. The Morgan fingerprint density at radius 2 is 2.35 bits per heavy atom. The van der Waals surface area contributed by atoms with Crippen LogP contribution in [0.2, 0.25) is 0 Å². The third-order valence-corrected chi connectivity index (χ3v) is 4.16. The minimum atomic E-state index is -0.389. The average Bonchev–Trinajstić information content (AvgIpc) is 3.26. The summed E-state index contributed by atoms with van der Waals surface area (Å²) in [7, 11) is 0. The zero-order chi connectivity index (χ0) is 16.2. The molecule has 0 aliphatic carbocycles. The second-order valence-electron chi connectivity index (χ2n) is 5.84. The van der Waals surface area contributed by atoms with E-state index >= 15 is 0 Å². The van der Waals surface area contributed by atoms with Crippen molar-refractivity contribution >= 4 is 5.91 Å². The first-order valence-corrected chi connectivity index (χ1v) is 7.93. The molecule has 1 aliphatic rings. The van der Waals surface area contributed by atoms with E-state index in [0.29, 0.717) is 6.54 Å². The van der Waals surface area contributed by atoms with Crippen LogP contribution in [0.3, 0.4) is 0 Å². The third-order valence-electron chi connectivity index (χ3n) is 4.16. The Kier molecular flexibility index (Phi) is 4.73. The summed E-state index contributed by atoms with van der Waals surface area (Å²) in [6.45, 7) is 2.43. The highest BCUT2D eigenvalue weighted by Gasteiger charge is 2.30. The summed E-state index contributed by atoms with van der Waals surface area (Å²) in [5.41, 5.74) is 7.58. The van der Waals surface area contributed by atoms with Crippen molar-refractivity contribution in [3.05, 3.63) is 48.3 Å². The fraction of sp³-hybridized carbons (Fsp3) is 0.412. The lowest BCUT2D eigenvalue weighted by molar-refractivity contribution is -0.132. The molecule has 2 aromatic rings. The molecule has 1 saturated heterocycles. The van der Waals surface area contributed by atoms with E-state index in [1.807, 2.05) is 43.5 Å². The highest BCUT2D eigenvalue weighted by atomic mass is 16.5. The van der Waals surface area contributed by atoms with E-state index in [9.17, 15) is 4.79 Å². The molecule has 3 atom stereocenters. The van der Waals surface area contributed by atoms with Gasteiger partial charge in [0, 0.05) is 18.9 Å². The number of hydrogen-bond donors (Lipinski definition) is 2. The standard InChI is InChI=1S/C17H22N4O2/c1-12(20-17(22)16-7-6-15(11-18)23-16)13-4-2-5-14(10-13)21-9-3-8-19-21/h2-5,8-10,12,15-16H,6-7,11,18H2,1H3,(H,20,22)/t12?,15-,16+/m1/s1. The Bertz CT molecular complexity index is 656. The number of aromatic nitrogens is 2. The van der Waals surface area contributed by atoms with Gasteiger partial charge in [0.1, 0.15) is 6.10 Å². The van der Waals surface area contributed by atoms with Gasteiger partial charge in [0.15, 0.2) is 0 Å². The van der Waals surface area contributed by atoms with E-state index in [1.54, 1.807) is 10.9 Å². The van der Waals surface area contributed by atoms with E-state index in [1.165, 1.54) is 0 Å². The molecule has 3 N–H and O–H groups in total. The predicted octanol–water partition coefficient (Wildman–Crippen LogP) is 1.56. The van der Waals surface area contributed by atoms with Crippen LogP contribution in [0.4, 0.5) is 0 Å². The molecule has 0 radical (unpaired) electrons. The van der Waals surface area contributed by atoms with Crippen molar-refractivity contribution in [1.29, 1.82) is 0 Å². The average molecular weight is 314 g/mol. The first-order chi connectivity index (χ1) is 11.2. The van der Waals surface area contributed by atoms with Gasteiger partial charge in [-0.2, -0.15) is 5.10 Å². The number of rotatable bonds is 5. The van der Waals surface area contributed by atoms with Gasteiger partial charge in [-0.3, -0.25) is 4.79 Å². The molecule has 0 spiro atoms. The van der Waals surface area contributed by atoms with Gasteiger partial charge in [-0.05, 0) is 43.5 Å². The smallest absolute Gasteiger partial charge is 0.249 e. The Morgan fingerprint density at radius 1 is 1.48 bits per heavy atom. The van der Waals surface area contributed by atoms with Crippen molar-refractivity contribution in [3.63, 3.8) is 0 Å². The van der Waals surface area contributed by atoms with Crippen molar-refractivity contribution in [3.8, 4) is 5.69 Å². The molecule has 122 valence electrons. The van der Waals surface area contributed by atoms with E-state index in [-0.39, 0.29) is 24.2 Å². The van der Waals surface area contributed by atoms with Crippen molar-refractivity contribution in [2.45, 2.75) is 38.0 Å². The van der Waals surface area contributed by atoms with Crippen LogP contribution in [0.15, 0.2) is 42.7 Å². The molecule has 1 unspecified atom stereocenters. The summed E-state index contributed by atoms with van der Waals surface area (Å²) < 4.78 is 7.44. The minimum Gasteiger partial charge on any atom is -0.364 e. The quantitative estimate of drug-likeness (QED) is 0.877. The van der Waals surface area contributed by atoms with Gasteiger partial charge in [0.05, 0.1) is 17.8 Å². The predicted molar refractivity (Wildman–Crippen MR) is 87.1 cm³/mol. The molecule has 0 saturated carbocycles. The Labute approximate surface area is 135 Å².